The van der Waals surface area contributed by atoms with Crippen LogP contribution in [0.2, 0.25) is 0 Å². The van der Waals surface area contributed by atoms with Gasteiger partial charge in [0.2, 0.25) is 0 Å². The molecule has 5 heteroatoms. The Morgan fingerprint density at radius 2 is 1.96 bits per heavy atom. The van der Waals surface area contributed by atoms with Crippen molar-refractivity contribution in [1.82, 2.24) is 9.97 Å². The summed E-state index contributed by atoms with van der Waals surface area (Å²) in [5.41, 5.74) is 2.02. The molecule has 0 radical (unpaired) electrons. The number of piperidine rings is 1. The summed E-state index contributed by atoms with van der Waals surface area (Å²) in [5, 5.41) is 10.2. The van der Waals surface area contributed by atoms with Gasteiger partial charge in [-0.05, 0) is 37.0 Å². The predicted octanol–water partition coefficient (Wildman–Crippen LogP) is 3.53. The van der Waals surface area contributed by atoms with Crippen LogP contribution in [0.4, 0.5) is 5.82 Å². The average Bonchev–Trinajstić information content (AvgIpc) is 2.62. The highest BCUT2D eigenvalue weighted by molar-refractivity contribution is 7.98. The van der Waals surface area contributed by atoms with Crippen molar-refractivity contribution in [2.24, 2.45) is 5.92 Å². The van der Waals surface area contributed by atoms with Crippen molar-refractivity contribution in [1.29, 1.82) is 5.26 Å². The van der Waals surface area contributed by atoms with Gasteiger partial charge < -0.3 is 4.90 Å². The number of nitriles is 1. The Kier molecular flexibility index (Phi) is 5.14. The van der Waals surface area contributed by atoms with Crippen molar-refractivity contribution >= 4 is 17.6 Å². The lowest BCUT2D eigenvalue weighted by molar-refractivity contribution is 0.402. The van der Waals surface area contributed by atoms with E-state index in [1.807, 2.05) is 6.26 Å². The largest absolute Gasteiger partial charge is 0.355 e. The fourth-order valence-electron chi connectivity index (χ4n) is 3.15. The van der Waals surface area contributed by atoms with Crippen LogP contribution in [0, 0.1) is 17.2 Å². The van der Waals surface area contributed by atoms with Crippen molar-refractivity contribution in [3.63, 3.8) is 0 Å². The standard InChI is InChI=1S/C18H20N4S/c1-23-18-16(12-19)17(20-13-21-18)22-9-7-15(8-10-22)11-14-5-3-2-4-6-14/h2-6,13,15H,7-11H2,1H3. The van der Waals surface area contributed by atoms with E-state index in [9.17, 15) is 5.26 Å². The third-order valence-corrected chi connectivity index (χ3v) is 5.08. The summed E-state index contributed by atoms with van der Waals surface area (Å²) in [6.45, 7) is 1.91. The minimum absolute atomic E-state index is 0.613. The second kappa shape index (κ2) is 7.47. The van der Waals surface area contributed by atoms with E-state index in [2.05, 4.69) is 51.3 Å². The molecule has 118 valence electrons. The van der Waals surface area contributed by atoms with Crippen LogP contribution in [0.5, 0.6) is 0 Å². The highest BCUT2D eigenvalue weighted by Crippen LogP contribution is 2.29. The maximum absolute atomic E-state index is 9.44. The molecule has 1 aromatic heterocycles. The first-order valence-electron chi connectivity index (χ1n) is 7.89. The molecule has 0 spiro atoms. The van der Waals surface area contributed by atoms with E-state index >= 15 is 0 Å². The second-order valence-corrected chi connectivity index (χ2v) is 6.61. The van der Waals surface area contributed by atoms with Gasteiger partial charge in [0.05, 0.1) is 0 Å². The van der Waals surface area contributed by atoms with Crippen molar-refractivity contribution in [2.75, 3.05) is 24.2 Å². The number of hydrogen-bond donors (Lipinski definition) is 0. The van der Waals surface area contributed by atoms with E-state index in [4.69, 9.17) is 0 Å². The van der Waals surface area contributed by atoms with Gasteiger partial charge in [0.15, 0.2) is 5.82 Å². The van der Waals surface area contributed by atoms with E-state index in [0.29, 0.717) is 11.5 Å². The molecule has 1 aromatic carbocycles. The Morgan fingerprint density at radius 3 is 2.61 bits per heavy atom. The molecule has 0 saturated carbocycles. The van der Waals surface area contributed by atoms with Crippen LogP contribution in [0.3, 0.4) is 0 Å². The first-order chi connectivity index (χ1) is 11.3. The highest BCUT2D eigenvalue weighted by atomic mass is 32.2. The topological polar surface area (TPSA) is 52.8 Å². The van der Waals surface area contributed by atoms with E-state index in [1.54, 1.807) is 6.33 Å². The normalized spacial score (nSPS) is 15.4. The molecule has 23 heavy (non-hydrogen) atoms. The molecule has 2 heterocycles. The molecule has 4 nitrogen and oxygen atoms in total. The third-order valence-electron chi connectivity index (χ3n) is 4.38. The number of thioether (sulfide) groups is 1. The highest BCUT2D eigenvalue weighted by Gasteiger charge is 2.23. The van der Waals surface area contributed by atoms with Gasteiger partial charge in [0.25, 0.3) is 0 Å². The molecule has 1 aliphatic rings. The number of benzene rings is 1. The predicted molar refractivity (Wildman–Crippen MR) is 93.6 cm³/mol. The lowest BCUT2D eigenvalue weighted by Crippen LogP contribution is -2.35. The summed E-state index contributed by atoms with van der Waals surface area (Å²) in [6, 6.07) is 13.0. The Labute approximate surface area is 141 Å². The van der Waals surface area contributed by atoms with Gasteiger partial charge in [-0.2, -0.15) is 5.26 Å². The molecule has 0 N–H and O–H groups in total. The quantitative estimate of drug-likeness (QED) is 0.636. The van der Waals surface area contributed by atoms with Gasteiger partial charge in [0.1, 0.15) is 23.0 Å². The van der Waals surface area contributed by atoms with E-state index in [-0.39, 0.29) is 0 Å². The van der Waals surface area contributed by atoms with Gasteiger partial charge in [-0.3, -0.25) is 0 Å². The summed E-state index contributed by atoms with van der Waals surface area (Å²) in [6.07, 6.45) is 6.92. The monoisotopic (exact) mass is 324 g/mol. The molecule has 2 aromatic rings. The second-order valence-electron chi connectivity index (χ2n) is 5.81. The number of hydrogen-bond acceptors (Lipinski definition) is 5. The molecule has 1 aliphatic heterocycles. The Bertz CT molecular complexity index is 688. The zero-order chi connectivity index (χ0) is 16.1. The van der Waals surface area contributed by atoms with Gasteiger partial charge >= 0.3 is 0 Å². The molecule has 0 unspecified atom stereocenters. The molecule has 0 aliphatic carbocycles. The minimum Gasteiger partial charge on any atom is -0.355 e. The van der Waals surface area contributed by atoms with Crippen molar-refractivity contribution in [3.05, 3.63) is 47.8 Å². The lowest BCUT2D eigenvalue weighted by Gasteiger charge is -2.33. The van der Waals surface area contributed by atoms with Crippen LogP contribution >= 0.6 is 11.8 Å². The molecule has 0 amide bonds. The van der Waals surface area contributed by atoms with Crippen LogP contribution in [0.25, 0.3) is 0 Å². The van der Waals surface area contributed by atoms with Crippen LogP contribution < -0.4 is 4.90 Å². The van der Waals surface area contributed by atoms with E-state index in [1.165, 1.54) is 17.3 Å². The number of anilines is 1. The third kappa shape index (κ3) is 3.65. The number of nitrogens with zero attached hydrogens (tertiary/aromatic N) is 4. The maximum atomic E-state index is 9.44. The summed E-state index contributed by atoms with van der Waals surface area (Å²) < 4.78 is 0. The molecular weight excluding hydrogens is 304 g/mol. The zero-order valence-electron chi connectivity index (χ0n) is 13.3. The fourth-order valence-corrected chi connectivity index (χ4v) is 3.64. The van der Waals surface area contributed by atoms with Gasteiger partial charge in [0, 0.05) is 13.1 Å². The number of aromatic nitrogens is 2. The van der Waals surface area contributed by atoms with Crippen LogP contribution in [0.15, 0.2) is 41.7 Å². The summed E-state index contributed by atoms with van der Waals surface area (Å²) >= 11 is 1.50. The Morgan fingerprint density at radius 1 is 1.22 bits per heavy atom. The Balaban J connectivity index is 1.67. The first-order valence-corrected chi connectivity index (χ1v) is 9.12. The van der Waals surface area contributed by atoms with Gasteiger partial charge in [-0.15, -0.1) is 11.8 Å². The SMILES string of the molecule is CSc1ncnc(N2CCC(Cc3ccccc3)CC2)c1C#N. The molecule has 1 saturated heterocycles. The number of rotatable bonds is 4. The summed E-state index contributed by atoms with van der Waals surface area (Å²) in [4.78, 5) is 10.8. The van der Waals surface area contributed by atoms with Crippen molar-refractivity contribution in [2.45, 2.75) is 24.3 Å². The van der Waals surface area contributed by atoms with Crippen LogP contribution in [-0.2, 0) is 6.42 Å². The molecule has 1 fully saturated rings. The van der Waals surface area contributed by atoms with Crippen LogP contribution in [0.1, 0.15) is 24.0 Å². The van der Waals surface area contributed by atoms with Crippen molar-refractivity contribution < 1.29 is 0 Å². The van der Waals surface area contributed by atoms with Crippen molar-refractivity contribution in [3.8, 4) is 6.07 Å². The smallest absolute Gasteiger partial charge is 0.151 e. The molecule has 0 atom stereocenters. The summed E-state index contributed by atoms with van der Waals surface area (Å²) in [5.74, 6) is 1.51. The molecular formula is C18H20N4S. The Hall–Kier alpha value is -2.06. The minimum atomic E-state index is 0.613. The molecule has 0 bridgehead atoms. The molecule has 3 rings (SSSR count). The fraction of sp³-hybridized carbons (Fsp3) is 0.389. The average molecular weight is 324 g/mol. The summed E-state index contributed by atoms with van der Waals surface area (Å²) in [7, 11) is 0. The van der Waals surface area contributed by atoms with Crippen LogP contribution in [-0.4, -0.2) is 29.3 Å². The van der Waals surface area contributed by atoms with E-state index in [0.717, 1.165) is 43.2 Å². The van der Waals surface area contributed by atoms with Gasteiger partial charge in [-0.25, -0.2) is 9.97 Å². The van der Waals surface area contributed by atoms with Gasteiger partial charge in [-0.1, -0.05) is 30.3 Å². The van der Waals surface area contributed by atoms with E-state index < -0.39 is 0 Å². The lowest BCUT2D eigenvalue weighted by atomic mass is 9.90. The zero-order valence-corrected chi connectivity index (χ0v) is 14.1. The maximum Gasteiger partial charge on any atom is 0.151 e. The first kappa shape index (κ1) is 15.8.